The summed E-state index contributed by atoms with van der Waals surface area (Å²) in [5.41, 5.74) is 1.71. The second-order valence-corrected chi connectivity index (χ2v) is 4.49. The third-order valence-corrected chi connectivity index (χ3v) is 2.93. The van der Waals surface area contributed by atoms with E-state index in [1.165, 1.54) is 4.68 Å². The van der Waals surface area contributed by atoms with Crippen molar-refractivity contribution < 1.29 is 4.39 Å². The molecule has 2 rings (SSSR count). The molecule has 0 aliphatic heterocycles. The molecule has 0 bridgehead atoms. The lowest BCUT2D eigenvalue weighted by Gasteiger charge is -2.01. The number of halogens is 1. The molecule has 0 amide bonds. The van der Waals surface area contributed by atoms with Crippen LogP contribution in [0.15, 0.2) is 18.6 Å². The first kappa shape index (κ1) is 13.7. The molecule has 19 heavy (non-hydrogen) atoms. The Morgan fingerprint density at radius 2 is 2.05 bits per heavy atom. The maximum atomic E-state index is 13.7. The molecule has 1 N–H and O–H groups in total. The van der Waals surface area contributed by atoms with Gasteiger partial charge in [-0.15, -0.1) is 0 Å². The molecule has 0 saturated heterocycles. The Morgan fingerprint density at radius 1 is 1.21 bits per heavy atom. The van der Waals surface area contributed by atoms with Crippen LogP contribution in [-0.4, -0.2) is 19.6 Å². The second kappa shape index (κ2) is 6.47. The lowest BCUT2D eigenvalue weighted by molar-refractivity contribution is 0.460. The second-order valence-electron chi connectivity index (χ2n) is 4.49. The van der Waals surface area contributed by atoms with Crippen LogP contribution in [0.3, 0.4) is 0 Å². The van der Waals surface area contributed by atoms with E-state index in [-0.39, 0.29) is 5.95 Å². The maximum Gasteiger partial charge on any atom is 0.215 e. The number of aryl methyl sites for hydroxylation is 2. The van der Waals surface area contributed by atoms with Crippen LogP contribution in [0.1, 0.15) is 31.4 Å². The van der Waals surface area contributed by atoms with Crippen molar-refractivity contribution in [1.82, 2.24) is 24.9 Å². The van der Waals surface area contributed by atoms with Crippen LogP contribution in [0, 0.1) is 5.95 Å². The minimum absolute atomic E-state index is 0.253. The highest BCUT2D eigenvalue weighted by molar-refractivity contribution is 5.08. The Labute approximate surface area is 112 Å². The minimum atomic E-state index is -0.253. The summed E-state index contributed by atoms with van der Waals surface area (Å²) in [4.78, 5) is 0. The zero-order valence-electron chi connectivity index (χ0n) is 11.4. The average Bonchev–Trinajstić information content (AvgIpc) is 2.98. The van der Waals surface area contributed by atoms with Gasteiger partial charge in [-0.3, -0.25) is 4.68 Å². The number of nitrogens with one attached hydrogen (secondary N) is 1. The summed E-state index contributed by atoms with van der Waals surface area (Å²) in [6.45, 7) is 6.63. The predicted octanol–water partition coefficient (Wildman–Crippen LogP) is 1.94. The van der Waals surface area contributed by atoms with Gasteiger partial charge in [0.05, 0.1) is 12.4 Å². The van der Waals surface area contributed by atoms with E-state index in [2.05, 4.69) is 22.4 Å². The SMILES string of the molecule is CCCn1cc(CNCc2cnn(CC)c2F)cn1. The van der Waals surface area contributed by atoms with E-state index in [9.17, 15) is 4.39 Å². The first-order chi connectivity index (χ1) is 9.24. The van der Waals surface area contributed by atoms with Gasteiger partial charge in [-0.25, -0.2) is 4.68 Å². The van der Waals surface area contributed by atoms with Crippen LogP contribution in [0.5, 0.6) is 0 Å². The van der Waals surface area contributed by atoms with Crippen molar-refractivity contribution in [2.45, 2.75) is 46.4 Å². The third-order valence-electron chi connectivity index (χ3n) is 2.93. The zero-order chi connectivity index (χ0) is 13.7. The Morgan fingerprint density at radius 3 is 2.74 bits per heavy atom. The van der Waals surface area contributed by atoms with Crippen LogP contribution < -0.4 is 5.32 Å². The highest BCUT2D eigenvalue weighted by Crippen LogP contribution is 2.06. The van der Waals surface area contributed by atoms with Crippen LogP contribution in [0.25, 0.3) is 0 Å². The molecule has 0 atom stereocenters. The van der Waals surface area contributed by atoms with E-state index in [4.69, 9.17) is 0 Å². The first-order valence-corrected chi connectivity index (χ1v) is 6.66. The van der Waals surface area contributed by atoms with Crippen molar-refractivity contribution in [3.63, 3.8) is 0 Å². The van der Waals surface area contributed by atoms with Crippen molar-refractivity contribution >= 4 is 0 Å². The van der Waals surface area contributed by atoms with Gasteiger partial charge in [0.25, 0.3) is 0 Å². The van der Waals surface area contributed by atoms with Crippen molar-refractivity contribution in [2.75, 3.05) is 0 Å². The van der Waals surface area contributed by atoms with Crippen LogP contribution in [0.2, 0.25) is 0 Å². The van der Waals surface area contributed by atoms with Crippen LogP contribution in [0.4, 0.5) is 4.39 Å². The Kier molecular flexibility index (Phi) is 4.68. The molecule has 5 nitrogen and oxygen atoms in total. The first-order valence-electron chi connectivity index (χ1n) is 6.66. The summed E-state index contributed by atoms with van der Waals surface area (Å²) in [7, 11) is 0. The van der Waals surface area contributed by atoms with Crippen molar-refractivity contribution in [2.24, 2.45) is 0 Å². The quantitative estimate of drug-likeness (QED) is 0.832. The van der Waals surface area contributed by atoms with Gasteiger partial charge in [0, 0.05) is 43.5 Å². The molecule has 6 heteroatoms. The highest BCUT2D eigenvalue weighted by Gasteiger charge is 2.08. The normalized spacial score (nSPS) is 11.1. The van der Waals surface area contributed by atoms with E-state index in [1.54, 1.807) is 6.20 Å². The summed E-state index contributed by atoms with van der Waals surface area (Å²) < 4.78 is 17.0. The molecule has 2 aromatic rings. The van der Waals surface area contributed by atoms with E-state index >= 15 is 0 Å². The molecule has 0 fully saturated rings. The van der Waals surface area contributed by atoms with Gasteiger partial charge in [0.2, 0.25) is 5.95 Å². The summed E-state index contributed by atoms with van der Waals surface area (Å²) in [6, 6.07) is 0. The van der Waals surface area contributed by atoms with E-state index < -0.39 is 0 Å². The van der Waals surface area contributed by atoms with Gasteiger partial charge in [-0.1, -0.05) is 6.92 Å². The number of hydrogen-bond acceptors (Lipinski definition) is 3. The van der Waals surface area contributed by atoms with Crippen LogP contribution in [-0.2, 0) is 26.2 Å². The molecule has 2 aromatic heterocycles. The van der Waals surface area contributed by atoms with Crippen LogP contribution >= 0.6 is 0 Å². The van der Waals surface area contributed by atoms with Gasteiger partial charge in [0.1, 0.15) is 0 Å². The van der Waals surface area contributed by atoms with E-state index in [0.717, 1.165) is 18.5 Å². The number of rotatable bonds is 7. The van der Waals surface area contributed by atoms with Gasteiger partial charge in [0.15, 0.2) is 0 Å². The minimum Gasteiger partial charge on any atom is -0.308 e. The smallest absolute Gasteiger partial charge is 0.215 e. The zero-order valence-corrected chi connectivity index (χ0v) is 11.4. The topological polar surface area (TPSA) is 47.7 Å². The molecule has 0 aliphatic carbocycles. The molecule has 0 spiro atoms. The largest absolute Gasteiger partial charge is 0.308 e. The van der Waals surface area contributed by atoms with E-state index in [0.29, 0.717) is 25.2 Å². The third kappa shape index (κ3) is 3.41. The number of aromatic nitrogens is 4. The molecule has 0 saturated carbocycles. The average molecular weight is 265 g/mol. The molecule has 0 unspecified atom stereocenters. The van der Waals surface area contributed by atoms with E-state index in [1.807, 2.05) is 24.0 Å². The summed E-state index contributed by atoms with van der Waals surface area (Å²) in [5.74, 6) is -0.253. The summed E-state index contributed by atoms with van der Waals surface area (Å²) >= 11 is 0. The molecular formula is C13H20FN5. The Hall–Kier alpha value is -1.69. The maximum absolute atomic E-state index is 13.7. The fourth-order valence-corrected chi connectivity index (χ4v) is 1.94. The molecule has 0 radical (unpaired) electrons. The number of nitrogens with zero attached hydrogens (tertiary/aromatic N) is 4. The molecule has 0 aromatic carbocycles. The van der Waals surface area contributed by atoms with Crippen molar-refractivity contribution in [3.8, 4) is 0 Å². The fourth-order valence-electron chi connectivity index (χ4n) is 1.94. The molecule has 0 aliphatic rings. The number of hydrogen-bond donors (Lipinski definition) is 1. The van der Waals surface area contributed by atoms with Gasteiger partial charge >= 0.3 is 0 Å². The Balaban J connectivity index is 1.83. The van der Waals surface area contributed by atoms with Gasteiger partial charge in [-0.05, 0) is 13.3 Å². The molecule has 2 heterocycles. The lowest BCUT2D eigenvalue weighted by Crippen LogP contribution is -2.13. The van der Waals surface area contributed by atoms with Crippen molar-refractivity contribution in [3.05, 3.63) is 35.7 Å². The monoisotopic (exact) mass is 265 g/mol. The van der Waals surface area contributed by atoms with Gasteiger partial charge in [-0.2, -0.15) is 14.6 Å². The summed E-state index contributed by atoms with van der Waals surface area (Å²) in [6.07, 6.45) is 6.50. The highest BCUT2D eigenvalue weighted by atomic mass is 19.1. The van der Waals surface area contributed by atoms with Crippen molar-refractivity contribution in [1.29, 1.82) is 0 Å². The molecule has 104 valence electrons. The fraction of sp³-hybridized carbons (Fsp3) is 0.538. The van der Waals surface area contributed by atoms with Gasteiger partial charge < -0.3 is 5.32 Å². The molecular weight excluding hydrogens is 245 g/mol. The Bertz CT molecular complexity index is 517. The lowest BCUT2D eigenvalue weighted by atomic mass is 10.3. The summed E-state index contributed by atoms with van der Waals surface area (Å²) in [5, 5.41) is 11.4. The standard InChI is InChI=1S/C13H20FN5/c1-3-5-18-10-11(7-16-18)6-15-8-12-9-17-19(4-2)13(12)14/h7,9-10,15H,3-6,8H2,1-2H3. The predicted molar refractivity (Wildman–Crippen MR) is 70.9 cm³/mol.